The molecule has 0 heterocycles. The molecule has 0 aromatic carbocycles. The summed E-state index contributed by atoms with van der Waals surface area (Å²) in [6.07, 6.45) is 0. The van der Waals surface area contributed by atoms with E-state index in [4.69, 9.17) is 23.2 Å². The summed E-state index contributed by atoms with van der Waals surface area (Å²) in [4.78, 5) is 0. The summed E-state index contributed by atoms with van der Waals surface area (Å²) in [5, 5.41) is -2.06. The molecule has 0 aliphatic rings. The third-order valence-corrected chi connectivity index (χ3v) is 2.08. The molecule has 0 aromatic rings. The number of alkyl halides is 6. The summed E-state index contributed by atoms with van der Waals surface area (Å²) in [5.41, 5.74) is -2.28. The maximum atomic E-state index is 12.2. The van der Waals surface area contributed by atoms with Crippen molar-refractivity contribution in [3.05, 3.63) is 0 Å². The van der Waals surface area contributed by atoms with Crippen molar-refractivity contribution >= 4 is 34.8 Å². The molecule has 0 aliphatic heterocycles. The lowest BCUT2D eigenvalue weighted by atomic mass is 10.3. The first-order chi connectivity index (χ1) is 4.41. The van der Waals surface area contributed by atoms with Crippen LogP contribution < -0.4 is 0 Å². The van der Waals surface area contributed by atoms with Crippen molar-refractivity contribution in [1.82, 2.24) is 0 Å². The Labute approximate surface area is 71.2 Å². The molecule has 0 nitrogen and oxygen atoms in total. The van der Waals surface area contributed by atoms with E-state index in [0.29, 0.717) is 0 Å². The summed E-state index contributed by atoms with van der Waals surface area (Å²) in [7, 11) is 0. The quantitative estimate of drug-likeness (QED) is 0.635. The largest absolute Gasteiger partial charge is 0.281 e. The van der Waals surface area contributed by atoms with E-state index in [1.54, 1.807) is 0 Å². The van der Waals surface area contributed by atoms with Crippen LogP contribution in [0.2, 0.25) is 0 Å². The van der Waals surface area contributed by atoms with Crippen LogP contribution in [0.15, 0.2) is 0 Å². The number of rotatable bonds is 3. The number of halogens is 6. The van der Waals surface area contributed by atoms with E-state index in [-0.39, 0.29) is 0 Å². The van der Waals surface area contributed by atoms with Crippen molar-refractivity contribution < 1.29 is 13.2 Å². The Morgan fingerprint density at radius 2 is 1.70 bits per heavy atom. The molecule has 0 saturated heterocycles. The van der Waals surface area contributed by atoms with Crippen molar-refractivity contribution in [1.29, 1.82) is 0 Å². The molecule has 0 radical (unpaired) electrons. The first-order valence-corrected chi connectivity index (χ1v) is 3.68. The highest BCUT2D eigenvalue weighted by Crippen LogP contribution is 2.30. The van der Waals surface area contributed by atoms with Crippen LogP contribution in [-0.2, 0) is 0 Å². The van der Waals surface area contributed by atoms with Gasteiger partial charge in [0.05, 0.1) is 5.88 Å². The molecule has 0 N–H and O–H groups in total. The van der Waals surface area contributed by atoms with Crippen LogP contribution in [0.1, 0.15) is 0 Å². The first kappa shape index (κ1) is 10.7. The van der Waals surface area contributed by atoms with Crippen molar-refractivity contribution in [2.45, 2.75) is 16.9 Å². The summed E-state index contributed by atoms with van der Waals surface area (Å²) in [6, 6.07) is 0. The van der Waals surface area contributed by atoms with Crippen LogP contribution >= 0.6 is 34.8 Å². The molecule has 10 heavy (non-hydrogen) atoms. The highest BCUT2D eigenvalue weighted by Gasteiger charge is 2.42. The fourth-order valence-electron chi connectivity index (χ4n) is 0.258. The molecule has 0 bridgehead atoms. The normalized spacial score (nSPS) is 18.6. The monoisotopic (exact) mass is 214 g/mol. The maximum absolute atomic E-state index is 12.2. The van der Waals surface area contributed by atoms with E-state index in [2.05, 4.69) is 11.6 Å². The van der Waals surface area contributed by atoms with E-state index >= 15 is 0 Å². The molecule has 6 heteroatoms. The zero-order chi connectivity index (χ0) is 8.36. The molecule has 0 amide bonds. The smallest absolute Gasteiger partial charge is 0.228 e. The van der Waals surface area contributed by atoms with Gasteiger partial charge in [-0.05, 0) is 0 Å². The van der Waals surface area contributed by atoms with E-state index in [0.717, 1.165) is 0 Å². The molecule has 0 spiro atoms. The van der Waals surface area contributed by atoms with Crippen molar-refractivity contribution in [2.75, 3.05) is 5.88 Å². The Morgan fingerprint density at radius 1 is 1.30 bits per heavy atom. The van der Waals surface area contributed by atoms with Gasteiger partial charge >= 0.3 is 0 Å². The Balaban J connectivity index is 4.03. The minimum Gasteiger partial charge on any atom is -0.228 e. The van der Waals surface area contributed by atoms with Crippen LogP contribution in [0.3, 0.4) is 0 Å². The van der Waals surface area contributed by atoms with Crippen LogP contribution in [0.4, 0.5) is 13.2 Å². The van der Waals surface area contributed by atoms with Gasteiger partial charge in [0.2, 0.25) is 0 Å². The average Bonchev–Trinajstić information content (AvgIpc) is 1.86. The van der Waals surface area contributed by atoms with E-state index in [9.17, 15) is 13.2 Å². The zero-order valence-electron chi connectivity index (χ0n) is 4.63. The molecule has 2 unspecified atom stereocenters. The minimum absolute atomic E-state index is 1.03. The second-order valence-electron chi connectivity index (χ2n) is 1.63. The third-order valence-electron chi connectivity index (χ3n) is 0.803. The fraction of sp³-hybridized carbons (Fsp3) is 1.00. The lowest BCUT2D eigenvalue weighted by Crippen LogP contribution is -2.35. The molecule has 2 atom stereocenters. The van der Waals surface area contributed by atoms with Crippen LogP contribution in [0, 0.1) is 0 Å². The molecule has 62 valence electrons. The lowest BCUT2D eigenvalue weighted by molar-refractivity contribution is 0.0102. The van der Waals surface area contributed by atoms with Gasteiger partial charge in [0.1, 0.15) is 5.38 Å². The summed E-state index contributed by atoms with van der Waals surface area (Å²) < 4.78 is 36.3. The van der Waals surface area contributed by atoms with Gasteiger partial charge in [0, 0.05) is 0 Å². The molecule has 0 fully saturated rings. The molecular formula is C4H4Cl3F3. The molecule has 0 saturated carbocycles. The van der Waals surface area contributed by atoms with Gasteiger partial charge in [-0.1, -0.05) is 11.6 Å². The van der Waals surface area contributed by atoms with Crippen LogP contribution in [0.5, 0.6) is 0 Å². The Bertz CT molecular complexity index is 106. The predicted octanol–water partition coefficient (Wildman–Crippen LogP) is 3.00. The van der Waals surface area contributed by atoms with E-state index < -0.39 is 22.8 Å². The summed E-state index contributed by atoms with van der Waals surface area (Å²) >= 11 is 14.3. The maximum Gasteiger partial charge on any atom is 0.281 e. The van der Waals surface area contributed by atoms with Gasteiger partial charge in [0.15, 0.2) is 5.63 Å². The van der Waals surface area contributed by atoms with E-state index in [1.807, 2.05) is 0 Å². The predicted molar refractivity (Wildman–Crippen MR) is 36.1 cm³/mol. The third kappa shape index (κ3) is 2.72. The lowest BCUT2D eigenvalue weighted by Gasteiger charge is -2.18. The van der Waals surface area contributed by atoms with Gasteiger partial charge in [-0.3, -0.25) is 0 Å². The molecule has 0 aromatic heterocycles. The molecular weight excluding hydrogens is 211 g/mol. The molecule has 0 rings (SSSR count). The molecule has 0 aliphatic carbocycles. The highest BCUT2D eigenvalue weighted by atomic mass is 35.5. The van der Waals surface area contributed by atoms with Crippen molar-refractivity contribution in [3.63, 3.8) is 0 Å². The summed E-state index contributed by atoms with van der Waals surface area (Å²) in [5.74, 6) is -4.49. The highest BCUT2D eigenvalue weighted by molar-refractivity contribution is 6.30. The van der Waals surface area contributed by atoms with Crippen LogP contribution in [0.25, 0.3) is 0 Å². The van der Waals surface area contributed by atoms with Crippen molar-refractivity contribution in [3.8, 4) is 0 Å². The fourth-order valence-corrected chi connectivity index (χ4v) is 0.765. The van der Waals surface area contributed by atoms with E-state index in [1.165, 1.54) is 0 Å². The number of hydrogen-bond donors (Lipinski definition) is 0. The average molecular weight is 215 g/mol. The van der Waals surface area contributed by atoms with Gasteiger partial charge in [-0.2, -0.15) is 0 Å². The topological polar surface area (TPSA) is 0 Å². The summed E-state index contributed by atoms with van der Waals surface area (Å²) in [6.45, 7) is 0. The van der Waals surface area contributed by atoms with Crippen LogP contribution in [-0.4, -0.2) is 22.8 Å². The SMILES string of the molecule is FC(Cl)C(Cl)C(F)(F)CCl. The standard InChI is InChI=1S/C4H4Cl3F3/c5-1-4(9,10)2(6)3(7)8/h2-3H,1H2. The van der Waals surface area contributed by atoms with Gasteiger partial charge < -0.3 is 0 Å². The second-order valence-corrected chi connectivity index (χ2v) is 2.79. The van der Waals surface area contributed by atoms with Crippen molar-refractivity contribution in [2.24, 2.45) is 0 Å². The Kier molecular flexibility index (Phi) is 4.14. The minimum atomic E-state index is -3.45. The first-order valence-electron chi connectivity index (χ1n) is 2.28. The Hall–Kier alpha value is 0.660. The van der Waals surface area contributed by atoms with Gasteiger partial charge in [-0.25, -0.2) is 13.2 Å². The Morgan fingerprint density at radius 3 is 1.80 bits per heavy atom. The second kappa shape index (κ2) is 3.88. The zero-order valence-corrected chi connectivity index (χ0v) is 6.90. The van der Waals surface area contributed by atoms with Gasteiger partial charge in [0.25, 0.3) is 5.92 Å². The number of hydrogen-bond acceptors (Lipinski definition) is 0. The van der Waals surface area contributed by atoms with Gasteiger partial charge in [-0.15, -0.1) is 23.2 Å².